The van der Waals surface area contributed by atoms with Gasteiger partial charge in [-0.25, -0.2) is 0 Å². The SMILES string of the molecule is C[C@]1(Cl)CCc2ccccc2C1=O. The number of carbonyl (C=O) groups excluding carboxylic acids is 1. The van der Waals surface area contributed by atoms with Crippen LogP contribution in [0, 0.1) is 0 Å². The van der Waals surface area contributed by atoms with E-state index in [0.717, 1.165) is 24.0 Å². The molecular formula is C11H11ClO. The first kappa shape index (κ1) is 8.76. The van der Waals surface area contributed by atoms with Crippen LogP contribution in [-0.2, 0) is 6.42 Å². The van der Waals surface area contributed by atoms with Crippen LogP contribution in [0.2, 0.25) is 0 Å². The van der Waals surface area contributed by atoms with E-state index >= 15 is 0 Å². The number of aryl methyl sites for hydroxylation is 1. The van der Waals surface area contributed by atoms with Gasteiger partial charge in [-0.1, -0.05) is 24.3 Å². The number of hydrogen-bond acceptors (Lipinski definition) is 1. The Labute approximate surface area is 82.7 Å². The van der Waals surface area contributed by atoms with Gasteiger partial charge in [-0.15, -0.1) is 11.6 Å². The van der Waals surface area contributed by atoms with Gasteiger partial charge in [0.05, 0.1) is 0 Å². The van der Waals surface area contributed by atoms with Gasteiger partial charge in [0.25, 0.3) is 0 Å². The van der Waals surface area contributed by atoms with Crippen molar-refractivity contribution in [1.29, 1.82) is 0 Å². The molecule has 0 spiro atoms. The molecule has 2 heteroatoms. The fourth-order valence-corrected chi connectivity index (χ4v) is 1.92. The third-order valence-corrected chi connectivity index (χ3v) is 2.96. The summed E-state index contributed by atoms with van der Waals surface area (Å²) in [5.74, 6) is 0.0658. The predicted molar refractivity (Wildman–Crippen MR) is 53.4 cm³/mol. The lowest BCUT2D eigenvalue weighted by atomic mass is 9.83. The van der Waals surface area contributed by atoms with Crippen molar-refractivity contribution < 1.29 is 4.79 Å². The third-order valence-electron chi connectivity index (χ3n) is 2.60. The van der Waals surface area contributed by atoms with Crippen LogP contribution in [0.4, 0.5) is 0 Å². The fourth-order valence-electron chi connectivity index (χ4n) is 1.72. The molecule has 0 fully saturated rings. The Kier molecular flexibility index (Phi) is 1.92. The lowest BCUT2D eigenvalue weighted by molar-refractivity contribution is 0.0932. The lowest BCUT2D eigenvalue weighted by Crippen LogP contribution is -2.34. The zero-order chi connectivity index (χ0) is 9.47. The maximum absolute atomic E-state index is 11.8. The van der Waals surface area contributed by atoms with Crippen molar-refractivity contribution in [2.45, 2.75) is 24.6 Å². The van der Waals surface area contributed by atoms with Gasteiger partial charge in [0.2, 0.25) is 0 Å². The molecule has 0 radical (unpaired) electrons. The molecule has 1 aromatic rings. The molecule has 0 bridgehead atoms. The molecule has 0 amide bonds. The number of benzene rings is 1. The summed E-state index contributed by atoms with van der Waals surface area (Å²) in [6.45, 7) is 1.80. The van der Waals surface area contributed by atoms with Gasteiger partial charge >= 0.3 is 0 Å². The standard InChI is InChI=1S/C11H11ClO/c1-11(12)7-6-8-4-2-3-5-9(8)10(11)13/h2-5H,6-7H2,1H3/t11-/m0/s1. The fraction of sp³-hybridized carbons (Fsp3) is 0.364. The Morgan fingerprint density at radius 3 is 2.85 bits per heavy atom. The largest absolute Gasteiger partial charge is 0.292 e. The Bertz CT molecular complexity index is 355. The van der Waals surface area contributed by atoms with Crippen molar-refractivity contribution in [2.75, 3.05) is 0 Å². The van der Waals surface area contributed by atoms with Gasteiger partial charge in [0.1, 0.15) is 4.87 Å². The molecule has 0 saturated heterocycles. The molecular weight excluding hydrogens is 184 g/mol. The first-order valence-corrected chi connectivity index (χ1v) is 4.81. The number of alkyl halides is 1. The van der Waals surface area contributed by atoms with Crippen LogP contribution in [-0.4, -0.2) is 10.7 Å². The third kappa shape index (κ3) is 1.37. The van der Waals surface area contributed by atoms with Crippen molar-refractivity contribution in [2.24, 2.45) is 0 Å². The lowest BCUT2D eigenvalue weighted by Gasteiger charge is -2.27. The van der Waals surface area contributed by atoms with Crippen LogP contribution >= 0.6 is 11.6 Å². The van der Waals surface area contributed by atoms with Crippen LogP contribution in [0.15, 0.2) is 24.3 Å². The number of halogens is 1. The summed E-state index contributed by atoms with van der Waals surface area (Å²) in [4.78, 5) is 11.1. The van der Waals surface area contributed by atoms with Crippen LogP contribution < -0.4 is 0 Å². The molecule has 13 heavy (non-hydrogen) atoms. The molecule has 1 aliphatic rings. The maximum Gasteiger partial charge on any atom is 0.183 e. The van der Waals surface area contributed by atoms with Gasteiger partial charge in [-0.2, -0.15) is 0 Å². The molecule has 68 valence electrons. The second-order valence-corrected chi connectivity index (χ2v) is 4.52. The van der Waals surface area contributed by atoms with E-state index in [0.29, 0.717) is 0 Å². The summed E-state index contributed by atoms with van der Waals surface area (Å²) in [5, 5.41) is 0. The van der Waals surface area contributed by atoms with Gasteiger partial charge < -0.3 is 0 Å². The second kappa shape index (κ2) is 2.85. The second-order valence-electron chi connectivity index (χ2n) is 3.68. The highest BCUT2D eigenvalue weighted by molar-refractivity contribution is 6.38. The van der Waals surface area contributed by atoms with Crippen molar-refractivity contribution in [3.63, 3.8) is 0 Å². The molecule has 1 nitrogen and oxygen atoms in total. The van der Waals surface area contributed by atoms with E-state index in [4.69, 9.17) is 11.6 Å². The summed E-state index contributed by atoms with van der Waals surface area (Å²) >= 11 is 6.10. The summed E-state index contributed by atoms with van der Waals surface area (Å²) in [5.41, 5.74) is 1.93. The number of fused-ring (bicyclic) bond motifs is 1. The number of Topliss-reactive ketones (excluding diaryl/α,β-unsaturated/α-hetero) is 1. The molecule has 0 N–H and O–H groups in total. The first-order valence-electron chi connectivity index (χ1n) is 4.43. The van der Waals surface area contributed by atoms with Gasteiger partial charge in [-0.05, 0) is 25.3 Å². The number of carbonyl (C=O) groups is 1. The zero-order valence-electron chi connectivity index (χ0n) is 7.51. The predicted octanol–water partition coefficient (Wildman–Crippen LogP) is 2.81. The molecule has 1 aromatic carbocycles. The number of rotatable bonds is 0. The maximum atomic E-state index is 11.8. The minimum atomic E-state index is -0.686. The first-order chi connectivity index (χ1) is 6.11. The van der Waals surface area contributed by atoms with Crippen LogP contribution in [0.5, 0.6) is 0 Å². The van der Waals surface area contributed by atoms with Crippen molar-refractivity contribution in [1.82, 2.24) is 0 Å². The molecule has 0 aromatic heterocycles. The van der Waals surface area contributed by atoms with Gasteiger partial charge in [0, 0.05) is 5.56 Å². The van der Waals surface area contributed by atoms with Gasteiger partial charge in [-0.3, -0.25) is 4.79 Å². The monoisotopic (exact) mass is 194 g/mol. The van der Waals surface area contributed by atoms with E-state index in [9.17, 15) is 4.79 Å². The minimum Gasteiger partial charge on any atom is -0.292 e. The van der Waals surface area contributed by atoms with Crippen LogP contribution in [0.1, 0.15) is 29.3 Å². The Morgan fingerprint density at radius 1 is 1.38 bits per heavy atom. The molecule has 0 heterocycles. The Morgan fingerprint density at radius 2 is 2.08 bits per heavy atom. The van der Waals surface area contributed by atoms with E-state index in [1.807, 2.05) is 24.3 Å². The summed E-state index contributed by atoms with van der Waals surface area (Å²) in [7, 11) is 0. The quantitative estimate of drug-likeness (QED) is 0.581. The highest BCUT2D eigenvalue weighted by Crippen LogP contribution is 2.32. The average molecular weight is 195 g/mol. The minimum absolute atomic E-state index is 0.0658. The highest BCUT2D eigenvalue weighted by atomic mass is 35.5. The molecule has 1 atom stereocenters. The van der Waals surface area contributed by atoms with E-state index < -0.39 is 4.87 Å². The van der Waals surface area contributed by atoms with Crippen molar-refractivity contribution in [3.8, 4) is 0 Å². The summed E-state index contributed by atoms with van der Waals surface area (Å²) in [6, 6.07) is 7.70. The average Bonchev–Trinajstić information content (AvgIpc) is 2.13. The van der Waals surface area contributed by atoms with Crippen molar-refractivity contribution >= 4 is 17.4 Å². The van der Waals surface area contributed by atoms with Crippen molar-refractivity contribution in [3.05, 3.63) is 35.4 Å². The topological polar surface area (TPSA) is 17.1 Å². The summed E-state index contributed by atoms with van der Waals surface area (Å²) in [6.07, 6.45) is 1.65. The molecule has 0 saturated carbocycles. The van der Waals surface area contributed by atoms with E-state index in [2.05, 4.69) is 0 Å². The Balaban J connectivity index is 2.52. The number of ketones is 1. The Hall–Kier alpha value is -0.820. The van der Waals surface area contributed by atoms with Gasteiger partial charge in [0.15, 0.2) is 5.78 Å². The van der Waals surface area contributed by atoms with Crippen LogP contribution in [0.3, 0.4) is 0 Å². The molecule has 0 unspecified atom stereocenters. The molecule has 2 rings (SSSR count). The van der Waals surface area contributed by atoms with E-state index in [1.54, 1.807) is 6.92 Å². The highest BCUT2D eigenvalue weighted by Gasteiger charge is 2.35. The van der Waals surface area contributed by atoms with E-state index in [1.165, 1.54) is 0 Å². The summed E-state index contributed by atoms with van der Waals surface area (Å²) < 4.78 is 0. The zero-order valence-corrected chi connectivity index (χ0v) is 8.27. The normalized spacial score (nSPS) is 27.1. The molecule has 1 aliphatic carbocycles. The van der Waals surface area contributed by atoms with E-state index in [-0.39, 0.29) is 5.78 Å². The smallest absolute Gasteiger partial charge is 0.183 e. The van der Waals surface area contributed by atoms with Crippen LogP contribution in [0.25, 0.3) is 0 Å². The molecule has 0 aliphatic heterocycles. The number of hydrogen-bond donors (Lipinski definition) is 0.